The molecule has 2 aromatic carbocycles. The van der Waals surface area contributed by atoms with Crippen LogP contribution in [0.25, 0.3) is 10.9 Å². The first-order valence-electron chi connectivity index (χ1n) is 7.64. The fraction of sp³-hybridized carbons (Fsp3) is 0.158. The van der Waals surface area contributed by atoms with Crippen molar-refractivity contribution >= 4 is 22.5 Å². The summed E-state index contributed by atoms with van der Waals surface area (Å²) in [5.41, 5.74) is 9.90. The summed E-state index contributed by atoms with van der Waals surface area (Å²) in [5, 5.41) is 3.85. The highest BCUT2D eigenvalue weighted by Crippen LogP contribution is 2.22. The van der Waals surface area contributed by atoms with Crippen molar-refractivity contribution in [3.63, 3.8) is 0 Å². The number of carbonyl (C=O) groups excluding carboxylic acids is 1. The number of aryl methyl sites for hydroxylation is 1. The van der Waals surface area contributed by atoms with Crippen LogP contribution >= 0.6 is 0 Å². The van der Waals surface area contributed by atoms with Crippen molar-refractivity contribution in [3.8, 4) is 0 Å². The van der Waals surface area contributed by atoms with Gasteiger partial charge in [-0.2, -0.15) is 0 Å². The highest BCUT2D eigenvalue weighted by molar-refractivity contribution is 6.13. The van der Waals surface area contributed by atoms with Crippen LogP contribution < -0.4 is 11.1 Å². The lowest BCUT2D eigenvalue weighted by atomic mass is 10.0. The van der Waals surface area contributed by atoms with Gasteiger partial charge in [-0.25, -0.2) is 0 Å². The highest BCUT2D eigenvalue weighted by atomic mass is 16.1. The van der Waals surface area contributed by atoms with Gasteiger partial charge in [-0.1, -0.05) is 24.3 Å². The number of pyridine rings is 1. The summed E-state index contributed by atoms with van der Waals surface area (Å²) in [6.45, 7) is 2.53. The van der Waals surface area contributed by atoms with Gasteiger partial charge < -0.3 is 11.1 Å². The Balaban J connectivity index is 1.95. The molecular weight excluding hydrogens is 286 g/mol. The molecule has 0 bridgehead atoms. The molecular formula is C19H19N3O. The molecule has 0 saturated heterocycles. The van der Waals surface area contributed by atoms with E-state index in [-0.39, 0.29) is 5.91 Å². The smallest absolute Gasteiger partial charge is 0.256 e. The maximum absolute atomic E-state index is 12.8. The molecule has 3 aromatic rings. The minimum absolute atomic E-state index is 0.119. The van der Waals surface area contributed by atoms with Crippen LogP contribution in [0.5, 0.6) is 0 Å². The Morgan fingerprint density at radius 2 is 2.04 bits per heavy atom. The van der Waals surface area contributed by atoms with Gasteiger partial charge in [0.1, 0.15) is 0 Å². The Morgan fingerprint density at radius 3 is 2.87 bits per heavy atom. The quantitative estimate of drug-likeness (QED) is 0.777. The molecule has 0 aliphatic carbocycles. The number of nitrogens with zero attached hydrogens (tertiary/aromatic N) is 1. The predicted octanol–water partition coefficient (Wildman–Crippen LogP) is 3.30. The summed E-state index contributed by atoms with van der Waals surface area (Å²) in [4.78, 5) is 17.1. The lowest BCUT2D eigenvalue weighted by Gasteiger charge is -2.11. The largest absolute Gasteiger partial charge is 0.330 e. The maximum Gasteiger partial charge on any atom is 0.256 e. The number of carbonyl (C=O) groups is 1. The number of nitrogens with two attached hydrogens (primary N) is 1. The summed E-state index contributed by atoms with van der Waals surface area (Å²) in [6, 6.07) is 15.4. The zero-order valence-electron chi connectivity index (χ0n) is 13.0. The van der Waals surface area contributed by atoms with Crippen LogP contribution in [0, 0.1) is 6.92 Å². The minimum Gasteiger partial charge on any atom is -0.330 e. The molecule has 116 valence electrons. The van der Waals surface area contributed by atoms with Gasteiger partial charge in [-0.05, 0) is 55.3 Å². The van der Waals surface area contributed by atoms with Crippen LogP contribution in [0.15, 0.2) is 54.7 Å². The predicted molar refractivity (Wildman–Crippen MR) is 93.6 cm³/mol. The Hall–Kier alpha value is -2.72. The number of amides is 1. The van der Waals surface area contributed by atoms with E-state index in [0.29, 0.717) is 12.1 Å². The van der Waals surface area contributed by atoms with Gasteiger partial charge in [-0.3, -0.25) is 9.78 Å². The molecule has 0 radical (unpaired) electrons. The molecule has 0 saturated carbocycles. The third-order valence-electron chi connectivity index (χ3n) is 3.84. The molecule has 23 heavy (non-hydrogen) atoms. The van der Waals surface area contributed by atoms with E-state index in [4.69, 9.17) is 5.73 Å². The SMILES string of the molecule is Cc1ccc2ncccc2c1C(=O)Nc1cccc(CCN)c1. The van der Waals surface area contributed by atoms with Crippen LogP contribution in [-0.2, 0) is 6.42 Å². The van der Waals surface area contributed by atoms with E-state index in [1.807, 2.05) is 55.5 Å². The van der Waals surface area contributed by atoms with Crippen molar-refractivity contribution in [2.24, 2.45) is 5.73 Å². The number of hydrogen-bond acceptors (Lipinski definition) is 3. The second kappa shape index (κ2) is 6.58. The molecule has 0 aliphatic rings. The second-order valence-electron chi connectivity index (χ2n) is 5.52. The van der Waals surface area contributed by atoms with Gasteiger partial charge in [0.25, 0.3) is 5.91 Å². The Kier molecular flexibility index (Phi) is 4.35. The number of anilines is 1. The Morgan fingerprint density at radius 1 is 1.17 bits per heavy atom. The topological polar surface area (TPSA) is 68.0 Å². The summed E-state index contributed by atoms with van der Waals surface area (Å²) in [6.07, 6.45) is 2.52. The van der Waals surface area contributed by atoms with Crippen molar-refractivity contribution in [1.29, 1.82) is 0 Å². The van der Waals surface area contributed by atoms with Gasteiger partial charge in [0.05, 0.1) is 11.1 Å². The number of fused-ring (bicyclic) bond motifs is 1. The standard InChI is InChI=1S/C19H19N3O/c1-13-7-8-17-16(6-3-11-21-17)18(13)19(23)22-15-5-2-4-14(12-15)9-10-20/h2-8,11-12H,9-10,20H2,1H3,(H,22,23). The first kappa shape index (κ1) is 15.2. The van der Waals surface area contributed by atoms with Crippen molar-refractivity contribution in [3.05, 3.63) is 71.4 Å². The zero-order valence-corrected chi connectivity index (χ0v) is 13.0. The number of hydrogen-bond donors (Lipinski definition) is 2. The molecule has 0 aliphatic heterocycles. The fourth-order valence-corrected chi connectivity index (χ4v) is 2.73. The van der Waals surface area contributed by atoms with E-state index in [1.54, 1.807) is 6.20 Å². The number of benzene rings is 2. The van der Waals surface area contributed by atoms with E-state index in [1.165, 1.54) is 0 Å². The van der Waals surface area contributed by atoms with Crippen LogP contribution in [0.3, 0.4) is 0 Å². The first-order chi connectivity index (χ1) is 11.2. The number of aromatic nitrogens is 1. The van der Waals surface area contributed by atoms with Gasteiger partial charge >= 0.3 is 0 Å². The molecule has 1 aromatic heterocycles. The molecule has 4 nitrogen and oxygen atoms in total. The average molecular weight is 305 g/mol. The minimum atomic E-state index is -0.119. The monoisotopic (exact) mass is 305 g/mol. The fourth-order valence-electron chi connectivity index (χ4n) is 2.73. The summed E-state index contributed by atoms with van der Waals surface area (Å²) in [7, 11) is 0. The lowest BCUT2D eigenvalue weighted by molar-refractivity contribution is 0.102. The molecule has 0 spiro atoms. The third kappa shape index (κ3) is 3.22. The molecule has 0 atom stereocenters. The van der Waals surface area contributed by atoms with Crippen molar-refractivity contribution in [2.75, 3.05) is 11.9 Å². The van der Waals surface area contributed by atoms with Crippen LogP contribution in [0.4, 0.5) is 5.69 Å². The number of rotatable bonds is 4. The van der Waals surface area contributed by atoms with E-state index in [0.717, 1.165) is 34.1 Å². The normalized spacial score (nSPS) is 10.7. The van der Waals surface area contributed by atoms with Crippen molar-refractivity contribution in [2.45, 2.75) is 13.3 Å². The number of nitrogens with one attached hydrogen (secondary N) is 1. The van der Waals surface area contributed by atoms with Crippen LogP contribution in [0.2, 0.25) is 0 Å². The molecule has 1 heterocycles. The first-order valence-corrected chi connectivity index (χ1v) is 7.64. The lowest BCUT2D eigenvalue weighted by Crippen LogP contribution is -2.14. The van der Waals surface area contributed by atoms with Gasteiger partial charge in [0, 0.05) is 17.3 Å². The average Bonchev–Trinajstić information content (AvgIpc) is 2.55. The molecule has 1 amide bonds. The van der Waals surface area contributed by atoms with Crippen LogP contribution in [-0.4, -0.2) is 17.4 Å². The summed E-state index contributed by atoms with van der Waals surface area (Å²) in [5.74, 6) is -0.119. The maximum atomic E-state index is 12.8. The van der Waals surface area contributed by atoms with Gasteiger partial charge in [0.2, 0.25) is 0 Å². The Bertz CT molecular complexity index is 858. The highest BCUT2D eigenvalue weighted by Gasteiger charge is 2.14. The van der Waals surface area contributed by atoms with E-state index >= 15 is 0 Å². The van der Waals surface area contributed by atoms with E-state index < -0.39 is 0 Å². The molecule has 0 unspecified atom stereocenters. The van der Waals surface area contributed by atoms with Crippen LogP contribution in [0.1, 0.15) is 21.5 Å². The van der Waals surface area contributed by atoms with Gasteiger partial charge in [0.15, 0.2) is 0 Å². The molecule has 0 fully saturated rings. The van der Waals surface area contributed by atoms with E-state index in [9.17, 15) is 4.79 Å². The second-order valence-corrected chi connectivity index (χ2v) is 5.52. The summed E-state index contributed by atoms with van der Waals surface area (Å²) >= 11 is 0. The van der Waals surface area contributed by atoms with Gasteiger partial charge in [-0.15, -0.1) is 0 Å². The molecule has 3 N–H and O–H groups in total. The molecule has 3 rings (SSSR count). The van der Waals surface area contributed by atoms with E-state index in [2.05, 4.69) is 10.3 Å². The van der Waals surface area contributed by atoms with Crippen molar-refractivity contribution < 1.29 is 4.79 Å². The zero-order chi connectivity index (χ0) is 16.2. The third-order valence-corrected chi connectivity index (χ3v) is 3.84. The van der Waals surface area contributed by atoms with Crippen molar-refractivity contribution in [1.82, 2.24) is 4.98 Å². The summed E-state index contributed by atoms with van der Waals surface area (Å²) < 4.78 is 0. The molecule has 4 heteroatoms. The Labute approximate surface area is 135 Å².